The fraction of sp³-hybridized carbons (Fsp3) is 0.316. The third-order valence-corrected chi connectivity index (χ3v) is 5.23. The first-order valence-electron chi connectivity index (χ1n) is 7.44. The number of hydrogen-bond donors (Lipinski definition) is 0. The van der Waals surface area contributed by atoms with Gasteiger partial charge in [-0.15, -0.1) is 0 Å². The standard InChI is InChI=1S/C19H18O2/c1-18(2)14-10-6-7-11-15(14)19(13-8-4-3-5-9-13)16(18)12-17(20)21-19/h3-11,16H,12H2,1-2H3. The molecule has 21 heavy (non-hydrogen) atoms. The summed E-state index contributed by atoms with van der Waals surface area (Å²) in [4.78, 5) is 12.1. The lowest BCUT2D eigenvalue weighted by atomic mass is 9.72. The molecule has 0 amide bonds. The molecule has 4 rings (SSSR count). The number of hydrogen-bond acceptors (Lipinski definition) is 2. The highest BCUT2D eigenvalue weighted by molar-refractivity contribution is 5.77. The molecule has 0 N–H and O–H groups in total. The van der Waals surface area contributed by atoms with Crippen molar-refractivity contribution >= 4 is 5.97 Å². The van der Waals surface area contributed by atoms with Crippen molar-refractivity contribution in [3.8, 4) is 0 Å². The summed E-state index contributed by atoms with van der Waals surface area (Å²) in [6.45, 7) is 4.45. The van der Waals surface area contributed by atoms with Crippen LogP contribution in [0.2, 0.25) is 0 Å². The van der Waals surface area contributed by atoms with Crippen LogP contribution in [0.3, 0.4) is 0 Å². The van der Waals surface area contributed by atoms with E-state index in [-0.39, 0.29) is 17.3 Å². The molecule has 1 heterocycles. The molecule has 1 aliphatic heterocycles. The Labute approximate surface area is 124 Å². The van der Waals surface area contributed by atoms with E-state index in [9.17, 15) is 4.79 Å². The highest BCUT2D eigenvalue weighted by Crippen LogP contribution is 2.61. The second-order valence-corrected chi connectivity index (χ2v) is 6.60. The predicted molar refractivity (Wildman–Crippen MR) is 80.9 cm³/mol. The Bertz CT molecular complexity index is 717. The number of carbonyl (C=O) groups excluding carboxylic acids is 1. The largest absolute Gasteiger partial charge is 0.449 e. The minimum absolute atomic E-state index is 0.0708. The van der Waals surface area contributed by atoms with E-state index < -0.39 is 5.60 Å². The molecule has 0 radical (unpaired) electrons. The summed E-state index contributed by atoms with van der Waals surface area (Å²) in [6, 6.07) is 18.6. The van der Waals surface area contributed by atoms with Gasteiger partial charge in [0.25, 0.3) is 0 Å². The van der Waals surface area contributed by atoms with Crippen LogP contribution in [-0.4, -0.2) is 5.97 Å². The molecule has 2 unspecified atom stereocenters. The summed E-state index contributed by atoms with van der Waals surface area (Å²) in [5.74, 6) is 0.0590. The first kappa shape index (κ1) is 12.6. The first-order valence-corrected chi connectivity index (χ1v) is 7.44. The lowest BCUT2D eigenvalue weighted by Crippen LogP contribution is -2.35. The molecule has 1 fully saturated rings. The average molecular weight is 278 g/mol. The van der Waals surface area contributed by atoms with Gasteiger partial charge in [-0.3, -0.25) is 4.79 Å². The third-order valence-electron chi connectivity index (χ3n) is 5.23. The summed E-state index contributed by atoms with van der Waals surface area (Å²) in [5, 5.41) is 0. The number of rotatable bonds is 1. The van der Waals surface area contributed by atoms with Crippen LogP contribution in [0.1, 0.15) is 37.0 Å². The van der Waals surface area contributed by atoms with Gasteiger partial charge in [-0.2, -0.15) is 0 Å². The molecule has 0 bridgehead atoms. The van der Waals surface area contributed by atoms with E-state index in [1.807, 2.05) is 24.3 Å². The van der Waals surface area contributed by atoms with Crippen LogP contribution >= 0.6 is 0 Å². The van der Waals surface area contributed by atoms with Crippen molar-refractivity contribution in [2.45, 2.75) is 31.3 Å². The van der Waals surface area contributed by atoms with Crippen molar-refractivity contribution in [1.82, 2.24) is 0 Å². The van der Waals surface area contributed by atoms with Gasteiger partial charge in [0.05, 0.1) is 6.42 Å². The maximum atomic E-state index is 12.1. The number of fused-ring (bicyclic) bond motifs is 3. The Balaban J connectivity index is 2.05. The van der Waals surface area contributed by atoms with Crippen LogP contribution in [0.25, 0.3) is 0 Å². The van der Waals surface area contributed by atoms with Crippen molar-refractivity contribution in [3.63, 3.8) is 0 Å². The summed E-state index contributed by atoms with van der Waals surface area (Å²) in [6.07, 6.45) is 0.483. The zero-order chi connectivity index (χ0) is 14.7. The van der Waals surface area contributed by atoms with Crippen LogP contribution < -0.4 is 0 Å². The Morgan fingerprint density at radius 2 is 1.57 bits per heavy atom. The van der Waals surface area contributed by atoms with E-state index in [1.54, 1.807) is 0 Å². The second kappa shape index (κ2) is 3.97. The number of carbonyl (C=O) groups is 1. The maximum absolute atomic E-state index is 12.1. The molecule has 2 nitrogen and oxygen atoms in total. The van der Waals surface area contributed by atoms with E-state index in [2.05, 4.69) is 44.2 Å². The quantitative estimate of drug-likeness (QED) is 0.742. The summed E-state index contributed by atoms with van der Waals surface area (Å²) in [5.41, 5.74) is 2.85. The lowest BCUT2D eigenvalue weighted by molar-refractivity contribution is -0.146. The topological polar surface area (TPSA) is 26.3 Å². The predicted octanol–water partition coefficient (Wildman–Crippen LogP) is 3.78. The number of ether oxygens (including phenoxy) is 1. The van der Waals surface area contributed by atoms with E-state index in [0.717, 1.165) is 11.1 Å². The molecule has 2 aliphatic rings. The Morgan fingerprint density at radius 1 is 0.952 bits per heavy atom. The van der Waals surface area contributed by atoms with Gasteiger partial charge in [0, 0.05) is 17.0 Å². The minimum atomic E-state index is -0.613. The molecule has 2 heteroatoms. The fourth-order valence-electron chi connectivity index (χ4n) is 4.27. The third kappa shape index (κ3) is 1.45. The van der Waals surface area contributed by atoms with Gasteiger partial charge in [-0.05, 0) is 11.0 Å². The molecule has 106 valence electrons. The Kier molecular flexibility index (Phi) is 2.39. The zero-order valence-corrected chi connectivity index (χ0v) is 12.3. The molecule has 0 spiro atoms. The van der Waals surface area contributed by atoms with Crippen molar-refractivity contribution in [2.75, 3.05) is 0 Å². The molecule has 2 aromatic carbocycles. The van der Waals surface area contributed by atoms with Crippen LogP contribution in [0, 0.1) is 5.92 Å². The van der Waals surface area contributed by atoms with Gasteiger partial charge < -0.3 is 4.74 Å². The smallest absolute Gasteiger partial charge is 0.307 e. The monoisotopic (exact) mass is 278 g/mol. The molecule has 1 saturated heterocycles. The Hall–Kier alpha value is -2.09. The van der Waals surface area contributed by atoms with Crippen molar-refractivity contribution < 1.29 is 9.53 Å². The fourth-order valence-corrected chi connectivity index (χ4v) is 4.27. The van der Waals surface area contributed by atoms with Crippen LogP contribution in [-0.2, 0) is 20.5 Å². The van der Waals surface area contributed by atoms with Gasteiger partial charge in [0.2, 0.25) is 0 Å². The average Bonchev–Trinajstić information content (AvgIpc) is 2.95. The highest BCUT2D eigenvalue weighted by Gasteiger charge is 2.63. The van der Waals surface area contributed by atoms with Crippen LogP contribution in [0.4, 0.5) is 0 Å². The van der Waals surface area contributed by atoms with Crippen LogP contribution in [0.5, 0.6) is 0 Å². The van der Waals surface area contributed by atoms with Crippen LogP contribution in [0.15, 0.2) is 54.6 Å². The van der Waals surface area contributed by atoms with Gasteiger partial charge in [-0.25, -0.2) is 0 Å². The molecular formula is C19H18O2. The molecule has 0 saturated carbocycles. The number of esters is 1. The van der Waals surface area contributed by atoms with Crippen molar-refractivity contribution in [2.24, 2.45) is 5.92 Å². The lowest BCUT2D eigenvalue weighted by Gasteiger charge is -2.33. The Morgan fingerprint density at radius 3 is 2.29 bits per heavy atom. The molecule has 1 aliphatic carbocycles. The zero-order valence-electron chi connectivity index (χ0n) is 12.3. The summed E-state index contributed by atoms with van der Waals surface area (Å²) in [7, 11) is 0. The van der Waals surface area contributed by atoms with Crippen molar-refractivity contribution in [1.29, 1.82) is 0 Å². The SMILES string of the molecule is CC1(C)c2ccccc2C2(c3ccccc3)OC(=O)CC12. The molecular weight excluding hydrogens is 260 g/mol. The van der Waals surface area contributed by atoms with E-state index in [4.69, 9.17) is 4.74 Å². The normalized spacial score (nSPS) is 28.9. The van der Waals surface area contributed by atoms with E-state index >= 15 is 0 Å². The van der Waals surface area contributed by atoms with Gasteiger partial charge in [0.1, 0.15) is 0 Å². The van der Waals surface area contributed by atoms with Gasteiger partial charge in [-0.1, -0.05) is 68.4 Å². The van der Waals surface area contributed by atoms with E-state index in [1.165, 1.54) is 5.56 Å². The molecule has 2 atom stereocenters. The summed E-state index contributed by atoms with van der Waals surface area (Å²) >= 11 is 0. The van der Waals surface area contributed by atoms with Gasteiger partial charge >= 0.3 is 5.97 Å². The molecule has 0 aromatic heterocycles. The second-order valence-electron chi connectivity index (χ2n) is 6.60. The minimum Gasteiger partial charge on any atom is -0.449 e. The maximum Gasteiger partial charge on any atom is 0.307 e. The van der Waals surface area contributed by atoms with Gasteiger partial charge in [0.15, 0.2) is 5.60 Å². The molecule has 2 aromatic rings. The van der Waals surface area contributed by atoms with E-state index in [0.29, 0.717) is 6.42 Å². The van der Waals surface area contributed by atoms with Crippen molar-refractivity contribution in [3.05, 3.63) is 71.3 Å². The highest BCUT2D eigenvalue weighted by atomic mass is 16.6. The first-order chi connectivity index (χ1) is 10.1. The summed E-state index contributed by atoms with van der Waals surface area (Å²) < 4.78 is 5.98. The number of benzene rings is 2.